The van der Waals surface area contributed by atoms with Crippen LogP contribution in [0.25, 0.3) is 0 Å². The summed E-state index contributed by atoms with van der Waals surface area (Å²) in [6, 6.07) is 0. The second-order valence-electron chi connectivity index (χ2n) is 7.34. The SMILES string of the molecule is CC(C)[Si](OCCOCCOCCOCCOCCO)(C(C)C)C(C)C. The molecule has 0 amide bonds. The molecule has 0 spiro atoms. The van der Waals surface area contributed by atoms with Crippen molar-refractivity contribution in [3.8, 4) is 0 Å². The van der Waals surface area contributed by atoms with Gasteiger partial charge in [-0.05, 0) is 16.6 Å². The maximum Gasteiger partial charge on any atom is 0.200 e. The molecule has 158 valence electrons. The van der Waals surface area contributed by atoms with Crippen molar-refractivity contribution < 1.29 is 28.5 Å². The first-order chi connectivity index (χ1) is 12.4. The Bertz CT molecular complexity index is 291. The van der Waals surface area contributed by atoms with Gasteiger partial charge in [0.25, 0.3) is 0 Å². The Morgan fingerprint density at radius 2 is 0.846 bits per heavy atom. The molecule has 0 aliphatic heterocycles. The average Bonchev–Trinajstić information content (AvgIpc) is 2.57. The first-order valence-electron chi connectivity index (χ1n) is 9.95. The summed E-state index contributed by atoms with van der Waals surface area (Å²) in [5.41, 5.74) is 1.79. The monoisotopic (exact) mass is 394 g/mol. The lowest BCUT2D eigenvalue weighted by molar-refractivity contribution is -0.00827. The van der Waals surface area contributed by atoms with Crippen molar-refractivity contribution in [2.24, 2.45) is 0 Å². The molecule has 0 saturated carbocycles. The molecule has 0 fully saturated rings. The normalized spacial score (nSPS) is 12.7. The topological polar surface area (TPSA) is 66.4 Å². The molecule has 0 aromatic heterocycles. The van der Waals surface area contributed by atoms with Gasteiger partial charge in [-0.2, -0.15) is 0 Å². The van der Waals surface area contributed by atoms with E-state index in [0.717, 1.165) is 0 Å². The molecular formula is C19H42O6Si. The third-order valence-electron chi connectivity index (χ3n) is 4.64. The van der Waals surface area contributed by atoms with E-state index >= 15 is 0 Å². The highest BCUT2D eigenvalue weighted by atomic mass is 28.4. The van der Waals surface area contributed by atoms with Crippen LogP contribution in [0, 0.1) is 0 Å². The Balaban J connectivity index is 3.63. The molecule has 0 saturated heterocycles. The first-order valence-corrected chi connectivity index (χ1v) is 12.1. The van der Waals surface area contributed by atoms with Crippen molar-refractivity contribution in [3.63, 3.8) is 0 Å². The zero-order valence-corrected chi connectivity index (χ0v) is 18.8. The van der Waals surface area contributed by atoms with Crippen molar-refractivity contribution in [3.05, 3.63) is 0 Å². The number of ether oxygens (including phenoxy) is 4. The zero-order valence-electron chi connectivity index (χ0n) is 17.8. The maximum absolute atomic E-state index is 8.55. The molecule has 0 unspecified atom stereocenters. The zero-order chi connectivity index (χ0) is 19.8. The molecule has 0 aliphatic rings. The quantitative estimate of drug-likeness (QED) is 0.284. The number of rotatable bonds is 18. The van der Waals surface area contributed by atoms with Gasteiger partial charge < -0.3 is 28.5 Å². The third kappa shape index (κ3) is 10.3. The summed E-state index contributed by atoms with van der Waals surface area (Å²) in [6.07, 6.45) is 0. The molecule has 0 rings (SSSR count). The van der Waals surface area contributed by atoms with Gasteiger partial charge in [0.15, 0.2) is 8.32 Å². The predicted molar refractivity (Wildman–Crippen MR) is 107 cm³/mol. The van der Waals surface area contributed by atoms with E-state index in [2.05, 4.69) is 41.5 Å². The van der Waals surface area contributed by atoms with Gasteiger partial charge in [0.1, 0.15) is 0 Å². The summed E-state index contributed by atoms with van der Waals surface area (Å²) in [5, 5.41) is 8.55. The van der Waals surface area contributed by atoms with E-state index in [4.69, 9.17) is 28.5 Å². The van der Waals surface area contributed by atoms with Gasteiger partial charge in [-0.1, -0.05) is 41.5 Å². The smallest absolute Gasteiger partial charge is 0.200 e. The van der Waals surface area contributed by atoms with Crippen molar-refractivity contribution in [2.45, 2.75) is 58.2 Å². The summed E-state index contributed by atoms with van der Waals surface area (Å²) < 4.78 is 28.0. The molecule has 26 heavy (non-hydrogen) atoms. The molecule has 0 aromatic carbocycles. The molecule has 0 aliphatic carbocycles. The van der Waals surface area contributed by atoms with E-state index in [0.29, 0.717) is 76.1 Å². The lowest BCUT2D eigenvalue weighted by Gasteiger charge is -2.42. The second kappa shape index (κ2) is 16.0. The van der Waals surface area contributed by atoms with Gasteiger partial charge >= 0.3 is 0 Å². The van der Waals surface area contributed by atoms with Crippen molar-refractivity contribution in [1.29, 1.82) is 0 Å². The van der Waals surface area contributed by atoms with E-state index in [1.54, 1.807) is 0 Å². The molecule has 0 bridgehead atoms. The van der Waals surface area contributed by atoms with Crippen LogP contribution in [-0.4, -0.2) is 79.5 Å². The van der Waals surface area contributed by atoms with Crippen LogP contribution in [0.5, 0.6) is 0 Å². The van der Waals surface area contributed by atoms with Gasteiger partial charge in [-0.15, -0.1) is 0 Å². The van der Waals surface area contributed by atoms with Gasteiger partial charge in [0.2, 0.25) is 0 Å². The highest BCUT2D eigenvalue weighted by Crippen LogP contribution is 2.42. The van der Waals surface area contributed by atoms with Crippen LogP contribution in [0.4, 0.5) is 0 Å². The number of aliphatic hydroxyl groups is 1. The van der Waals surface area contributed by atoms with Crippen molar-refractivity contribution in [2.75, 3.05) is 66.1 Å². The van der Waals surface area contributed by atoms with Crippen LogP contribution in [0.3, 0.4) is 0 Å². The highest BCUT2D eigenvalue weighted by molar-refractivity contribution is 6.77. The number of hydrogen-bond acceptors (Lipinski definition) is 6. The van der Waals surface area contributed by atoms with E-state index in [1.807, 2.05) is 0 Å². The Labute approximate surface area is 161 Å². The minimum Gasteiger partial charge on any atom is -0.414 e. The molecule has 0 atom stereocenters. The van der Waals surface area contributed by atoms with Crippen LogP contribution in [-0.2, 0) is 23.4 Å². The third-order valence-corrected chi connectivity index (χ3v) is 10.8. The average molecular weight is 395 g/mol. The summed E-state index contributed by atoms with van der Waals surface area (Å²) in [7, 11) is -1.78. The Hall–Kier alpha value is -0.0231. The predicted octanol–water partition coefficient (Wildman–Crippen LogP) is 3.24. The molecule has 1 N–H and O–H groups in total. The fourth-order valence-corrected chi connectivity index (χ4v) is 9.04. The highest BCUT2D eigenvalue weighted by Gasteiger charge is 2.44. The fraction of sp³-hybridized carbons (Fsp3) is 1.00. The Kier molecular flexibility index (Phi) is 16.0. The van der Waals surface area contributed by atoms with Gasteiger partial charge in [0.05, 0.1) is 66.1 Å². The molecular weight excluding hydrogens is 352 g/mol. The van der Waals surface area contributed by atoms with E-state index in [1.165, 1.54) is 0 Å². The van der Waals surface area contributed by atoms with E-state index < -0.39 is 8.32 Å². The van der Waals surface area contributed by atoms with Crippen molar-refractivity contribution in [1.82, 2.24) is 0 Å². The summed E-state index contributed by atoms with van der Waals surface area (Å²) in [6.45, 7) is 18.7. The maximum atomic E-state index is 8.55. The van der Waals surface area contributed by atoms with Gasteiger partial charge in [-0.3, -0.25) is 0 Å². The first kappa shape index (κ1) is 26.0. The standard InChI is InChI=1S/C19H42O6Si/c1-17(2)26(18(3)4,19(5)6)25-16-15-24-14-13-23-12-11-22-10-9-21-8-7-20/h17-20H,7-16H2,1-6H3. The molecule has 6 nitrogen and oxygen atoms in total. The molecule has 0 heterocycles. The molecule has 0 radical (unpaired) electrons. The Morgan fingerprint density at radius 3 is 1.15 bits per heavy atom. The summed E-state index contributed by atoms with van der Waals surface area (Å²) in [5.74, 6) is 0. The van der Waals surface area contributed by atoms with Crippen LogP contribution < -0.4 is 0 Å². The fourth-order valence-electron chi connectivity index (χ4n) is 3.60. The Morgan fingerprint density at radius 1 is 0.538 bits per heavy atom. The van der Waals surface area contributed by atoms with Gasteiger partial charge in [-0.25, -0.2) is 0 Å². The number of hydrogen-bond donors (Lipinski definition) is 1. The molecule has 0 aromatic rings. The van der Waals surface area contributed by atoms with Crippen LogP contribution in [0.15, 0.2) is 0 Å². The van der Waals surface area contributed by atoms with E-state index in [-0.39, 0.29) is 6.61 Å². The minimum absolute atomic E-state index is 0.0454. The largest absolute Gasteiger partial charge is 0.414 e. The van der Waals surface area contributed by atoms with Crippen LogP contribution >= 0.6 is 0 Å². The van der Waals surface area contributed by atoms with Crippen molar-refractivity contribution >= 4 is 8.32 Å². The summed E-state index contributed by atoms with van der Waals surface area (Å²) in [4.78, 5) is 0. The van der Waals surface area contributed by atoms with Crippen LogP contribution in [0.1, 0.15) is 41.5 Å². The van der Waals surface area contributed by atoms with E-state index in [9.17, 15) is 0 Å². The number of aliphatic hydroxyl groups excluding tert-OH is 1. The lowest BCUT2D eigenvalue weighted by atomic mass is 10.5. The lowest BCUT2D eigenvalue weighted by Crippen LogP contribution is -2.48. The molecule has 7 heteroatoms. The second-order valence-corrected chi connectivity index (χ2v) is 12.8. The minimum atomic E-state index is -1.78. The van der Waals surface area contributed by atoms with Crippen LogP contribution in [0.2, 0.25) is 16.6 Å². The van der Waals surface area contributed by atoms with Gasteiger partial charge in [0, 0.05) is 0 Å². The summed E-state index contributed by atoms with van der Waals surface area (Å²) >= 11 is 0.